The van der Waals surface area contributed by atoms with Crippen molar-refractivity contribution in [2.75, 3.05) is 37.7 Å². The molecular weight excluding hydrogens is 456 g/mol. The maximum atomic E-state index is 13.8. The summed E-state index contributed by atoms with van der Waals surface area (Å²) in [5.41, 5.74) is 5.03. The number of ketones is 1. The van der Waals surface area contributed by atoms with Crippen LogP contribution in [0.25, 0.3) is 10.4 Å². The fourth-order valence-corrected chi connectivity index (χ4v) is 6.30. The molecule has 1 saturated carbocycles. The van der Waals surface area contributed by atoms with Gasteiger partial charge in [0.15, 0.2) is 5.78 Å². The minimum atomic E-state index is 0.0291. The number of anilines is 1. The molecule has 1 aliphatic carbocycles. The molecule has 0 bridgehead atoms. The van der Waals surface area contributed by atoms with Gasteiger partial charge in [0, 0.05) is 48.6 Å². The molecule has 5 nitrogen and oxygen atoms in total. The zero-order valence-corrected chi connectivity index (χ0v) is 20.7. The topological polar surface area (TPSA) is 49.9 Å². The fourth-order valence-electron chi connectivity index (χ4n) is 5.11. The lowest BCUT2D eigenvalue weighted by atomic mass is 10.1. The van der Waals surface area contributed by atoms with E-state index in [1.807, 2.05) is 41.3 Å². The smallest absolute Gasteiger partial charge is 0.258 e. The first-order valence-corrected chi connectivity index (χ1v) is 13.4. The van der Waals surface area contributed by atoms with Crippen LogP contribution in [0.4, 0.5) is 5.69 Å². The number of thiophene rings is 1. The van der Waals surface area contributed by atoms with Crippen molar-refractivity contribution in [1.29, 1.82) is 0 Å². The summed E-state index contributed by atoms with van der Waals surface area (Å²) < 4.78 is 5.46. The molecule has 3 aromatic rings. The van der Waals surface area contributed by atoms with Gasteiger partial charge in [-0.2, -0.15) is 0 Å². The number of rotatable bonds is 6. The Hall–Kier alpha value is -2.80. The zero-order valence-electron chi connectivity index (χ0n) is 19.9. The normalized spacial score (nSPS) is 18.0. The Kier molecular flexibility index (Phi) is 6.27. The number of ether oxygens (including phenoxy) is 1. The van der Waals surface area contributed by atoms with E-state index in [0.29, 0.717) is 18.9 Å². The molecule has 0 atom stereocenters. The second kappa shape index (κ2) is 9.69. The lowest BCUT2D eigenvalue weighted by Gasteiger charge is -2.27. The molecule has 6 heteroatoms. The average molecular weight is 487 g/mol. The van der Waals surface area contributed by atoms with Gasteiger partial charge in [-0.3, -0.25) is 14.5 Å². The predicted molar refractivity (Wildman–Crippen MR) is 139 cm³/mol. The Morgan fingerprint density at radius 2 is 1.80 bits per heavy atom. The summed E-state index contributed by atoms with van der Waals surface area (Å²) in [7, 11) is 0. The molecule has 35 heavy (non-hydrogen) atoms. The van der Waals surface area contributed by atoms with Gasteiger partial charge in [-0.15, -0.1) is 11.3 Å². The van der Waals surface area contributed by atoms with Gasteiger partial charge in [0.1, 0.15) is 0 Å². The van der Waals surface area contributed by atoms with Crippen LogP contribution in [0.5, 0.6) is 0 Å². The fraction of sp³-hybridized carbons (Fsp3) is 0.379. The van der Waals surface area contributed by atoms with Crippen LogP contribution in [0, 0.1) is 5.92 Å². The summed E-state index contributed by atoms with van der Waals surface area (Å²) in [6.07, 6.45) is 3.79. The molecule has 1 amide bonds. The number of benzene rings is 2. The maximum Gasteiger partial charge on any atom is 0.258 e. The zero-order chi connectivity index (χ0) is 23.8. The number of hydrogen-bond acceptors (Lipinski definition) is 5. The first-order chi connectivity index (χ1) is 17.2. The third-order valence-corrected chi connectivity index (χ3v) is 8.48. The number of morpholine rings is 1. The van der Waals surface area contributed by atoms with Gasteiger partial charge in [0.25, 0.3) is 5.91 Å². The van der Waals surface area contributed by atoms with Crippen molar-refractivity contribution in [1.82, 2.24) is 4.90 Å². The lowest BCUT2D eigenvalue weighted by Crippen LogP contribution is -2.36. The molecule has 2 aliphatic heterocycles. The summed E-state index contributed by atoms with van der Waals surface area (Å²) >= 11 is 1.60. The molecule has 0 radical (unpaired) electrons. The van der Waals surface area contributed by atoms with E-state index >= 15 is 0 Å². The van der Waals surface area contributed by atoms with E-state index in [9.17, 15) is 9.59 Å². The summed E-state index contributed by atoms with van der Waals surface area (Å²) in [6.45, 7) is 4.80. The molecule has 1 saturated heterocycles. The Bertz CT molecular complexity index is 1260. The van der Waals surface area contributed by atoms with Crippen LogP contribution in [-0.2, 0) is 17.7 Å². The van der Waals surface area contributed by atoms with E-state index in [2.05, 4.69) is 23.1 Å². The standard InChI is InChI=1S/C29H30N2O3S/c32-26(17-20-8-9-20)27-18-22-10-11-31(25-7-2-1-6-24(25)28(22)35-27)29(33)23-5-3-4-21(16-23)19-30-12-14-34-15-13-30/h1-7,16,18,20H,8-15,17,19H2. The van der Waals surface area contributed by atoms with E-state index in [1.54, 1.807) is 11.3 Å². The Labute approximate surface area is 210 Å². The second-order valence-electron chi connectivity index (χ2n) is 9.85. The molecule has 0 N–H and O–H groups in total. The van der Waals surface area contributed by atoms with Crippen LogP contribution in [-0.4, -0.2) is 49.4 Å². The summed E-state index contributed by atoms with van der Waals surface area (Å²) in [6, 6.07) is 18.3. The van der Waals surface area contributed by atoms with E-state index in [-0.39, 0.29) is 11.7 Å². The molecule has 3 aliphatic rings. The average Bonchev–Trinajstić information content (AvgIpc) is 3.63. The highest BCUT2D eigenvalue weighted by atomic mass is 32.1. The quantitative estimate of drug-likeness (QED) is 0.436. The SMILES string of the molecule is O=C(CC1CC1)c1cc2c(s1)-c1ccccc1N(C(=O)c1cccc(CN3CCOCC3)c1)CC2. The van der Waals surface area contributed by atoms with Crippen LogP contribution in [0.15, 0.2) is 54.6 Å². The number of nitrogens with zero attached hydrogens (tertiary/aromatic N) is 2. The van der Waals surface area contributed by atoms with E-state index < -0.39 is 0 Å². The van der Waals surface area contributed by atoms with Gasteiger partial charge in [0.2, 0.25) is 0 Å². The number of fused-ring (bicyclic) bond motifs is 3. The first kappa shape index (κ1) is 22.7. The van der Waals surface area contributed by atoms with Crippen LogP contribution < -0.4 is 4.90 Å². The number of hydrogen-bond donors (Lipinski definition) is 0. The van der Waals surface area contributed by atoms with Gasteiger partial charge in [0.05, 0.1) is 23.8 Å². The van der Waals surface area contributed by atoms with Gasteiger partial charge >= 0.3 is 0 Å². The van der Waals surface area contributed by atoms with E-state index in [4.69, 9.17) is 4.74 Å². The molecule has 2 fully saturated rings. The largest absolute Gasteiger partial charge is 0.379 e. The number of carbonyl (C=O) groups excluding carboxylic acids is 2. The van der Waals surface area contributed by atoms with Gasteiger partial charge in [-0.25, -0.2) is 0 Å². The highest BCUT2D eigenvalue weighted by Crippen LogP contribution is 2.43. The third kappa shape index (κ3) is 4.83. The summed E-state index contributed by atoms with van der Waals surface area (Å²) in [5.74, 6) is 0.887. The van der Waals surface area contributed by atoms with Crippen LogP contribution in [0.1, 0.15) is 50.4 Å². The van der Waals surface area contributed by atoms with Crippen molar-refractivity contribution in [2.24, 2.45) is 5.92 Å². The van der Waals surface area contributed by atoms with Crippen molar-refractivity contribution < 1.29 is 14.3 Å². The third-order valence-electron chi connectivity index (χ3n) is 7.23. The summed E-state index contributed by atoms with van der Waals surface area (Å²) in [4.78, 5) is 32.8. The first-order valence-electron chi connectivity index (χ1n) is 12.6. The monoisotopic (exact) mass is 486 g/mol. The van der Waals surface area contributed by atoms with Crippen molar-refractivity contribution in [2.45, 2.75) is 32.2 Å². The number of carbonyl (C=O) groups is 2. The van der Waals surface area contributed by atoms with Crippen molar-refractivity contribution in [3.63, 3.8) is 0 Å². The van der Waals surface area contributed by atoms with E-state index in [1.165, 1.54) is 18.4 Å². The molecule has 0 spiro atoms. The van der Waals surface area contributed by atoms with Gasteiger partial charge in [-0.1, -0.05) is 30.3 Å². The van der Waals surface area contributed by atoms with Crippen LogP contribution in [0.3, 0.4) is 0 Å². The van der Waals surface area contributed by atoms with Crippen molar-refractivity contribution >= 4 is 28.7 Å². The Morgan fingerprint density at radius 3 is 2.63 bits per heavy atom. The highest BCUT2D eigenvalue weighted by molar-refractivity contribution is 7.17. The summed E-state index contributed by atoms with van der Waals surface area (Å²) in [5, 5.41) is 0. The maximum absolute atomic E-state index is 13.8. The second-order valence-corrected chi connectivity index (χ2v) is 10.9. The minimum absolute atomic E-state index is 0.0291. The van der Waals surface area contributed by atoms with Crippen molar-refractivity contribution in [3.8, 4) is 10.4 Å². The van der Waals surface area contributed by atoms with Gasteiger partial charge < -0.3 is 9.64 Å². The van der Waals surface area contributed by atoms with Crippen LogP contribution in [0.2, 0.25) is 0 Å². The number of Topliss-reactive ketones (excluding diaryl/α,β-unsaturated/α-hetero) is 1. The molecule has 2 aromatic carbocycles. The molecule has 180 valence electrons. The van der Waals surface area contributed by atoms with E-state index in [0.717, 1.165) is 71.4 Å². The highest BCUT2D eigenvalue weighted by Gasteiger charge is 2.29. The molecule has 1 aromatic heterocycles. The predicted octanol–water partition coefficient (Wildman–Crippen LogP) is 5.43. The minimum Gasteiger partial charge on any atom is -0.379 e. The van der Waals surface area contributed by atoms with Gasteiger partial charge in [-0.05, 0) is 60.6 Å². The molecule has 0 unspecified atom stereocenters. The molecule has 6 rings (SSSR count). The number of amides is 1. The number of para-hydroxylation sites is 1. The molecular formula is C29H30N2O3S. The van der Waals surface area contributed by atoms with Crippen LogP contribution >= 0.6 is 11.3 Å². The Morgan fingerprint density at radius 1 is 0.971 bits per heavy atom. The van der Waals surface area contributed by atoms with Crippen molar-refractivity contribution in [3.05, 3.63) is 76.2 Å². The lowest BCUT2D eigenvalue weighted by molar-refractivity contribution is 0.0342. The Balaban J connectivity index is 1.27. The molecule has 3 heterocycles.